The molecule has 9 heteroatoms. The zero-order valence-electron chi connectivity index (χ0n) is 16.6. The molecule has 0 bridgehead atoms. The van der Waals surface area contributed by atoms with Crippen molar-refractivity contribution in [3.8, 4) is 0 Å². The van der Waals surface area contributed by atoms with Crippen molar-refractivity contribution < 1.29 is 4.79 Å². The summed E-state index contributed by atoms with van der Waals surface area (Å²) in [6.07, 6.45) is 14.3. The van der Waals surface area contributed by atoms with E-state index in [0.717, 1.165) is 41.8 Å². The Hall–Kier alpha value is -1.61. The number of amides is 1. The second kappa shape index (κ2) is 10.4. The number of rotatable bonds is 8. The number of carbonyl (C=O) groups is 1. The predicted molar refractivity (Wildman–Crippen MR) is 115 cm³/mol. The maximum absolute atomic E-state index is 12.4. The summed E-state index contributed by atoms with van der Waals surface area (Å²) in [5, 5.41) is 13.7. The van der Waals surface area contributed by atoms with Gasteiger partial charge in [0.1, 0.15) is 5.82 Å². The van der Waals surface area contributed by atoms with Gasteiger partial charge < -0.3 is 9.88 Å². The van der Waals surface area contributed by atoms with Crippen LogP contribution in [0, 0.1) is 0 Å². The van der Waals surface area contributed by atoms with Gasteiger partial charge in [-0.05, 0) is 31.7 Å². The molecule has 0 aromatic carbocycles. The topological polar surface area (TPSA) is 85.6 Å². The Kier molecular flexibility index (Phi) is 7.43. The first kappa shape index (κ1) is 20.7. The van der Waals surface area contributed by atoms with Crippen LogP contribution in [0.3, 0.4) is 0 Å². The zero-order chi connectivity index (χ0) is 19.9. The van der Waals surface area contributed by atoms with Crippen molar-refractivity contribution in [3.63, 3.8) is 0 Å². The van der Waals surface area contributed by atoms with Crippen molar-refractivity contribution in [2.24, 2.45) is 0 Å². The van der Waals surface area contributed by atoms with Crippen LogP contribution >= 0.6 is 23.5 Å². The third-order valence-corrected chi connectivity index (χ3v) is 7.41. The van der Waals surface area contributed by atoms with Crippen LogP contribution in [-0.2, 0) is 10.5 Å². The zero-order valence-corrected chi connectivity index (χ0v) is 18.3. The van der Waals surface area contributed by atoms with Crippen molar-refractivity contribution >= 4 is 29.4 Å². The minimum absolute atomic E-state index is 0.105. The summed E-state index contributed by atoms with van der Waals surface area (Å²) in [5.74, 6) is 2.14. The van der Waals surface area contributed by atoms with Crippen molar-refractivity contribution in [2.45, 2.75) is 85.9 Å². The van der Waals surface area contributed by atoms with Crippen molar-refractivity contribution in [1.29, 1.82) is 0 Å². The molecule has 2 aliphatic rings. The highest BCUT2D eigenvalue weighted by Crippen LogP contribution is 2.34. The molecule has 0 aliphatic heterocycles. The number of carbonyl (C=O) groups excluding carboxylic acids is 1. The molecule has 7 nitrogen and oxygen atoms in total. The van der Waals surface area contributed by atoms with Gasteiger partial charge in [-0.3, -0.25) is 4.79 Å². The van der Waals surface area contributed by atoms with Crippen molar-refractivity contribution in [3.05, 3.63) is 24.3 Å². The smallest absolute Gasteiger partial charge is 0.230 e. The minimum Gasteiger partial charge on any atom is -0.353 e. The second-order valence-corrected chi connectivity index (χ2v) is 9.60. The predicted octanol–water partition coefficient (Wildman–Crippen LogP) is 4.02. The number of aromatic nitrogens is 5. The van der Waals surface area contributed by atoms with E-state index in [9.17, 15) is 4.79 Å². The van der Waals surface area contributed by atoms with E-state index in [1.165, 1.54) is 43.9 Å². The van der Waals surface area contributed by atoms with E-state index >= 15 is 0 Å². The Morgan fingerprint density at radius 3 is 2.48 bits per heavy atom. The summed E-state index contributed by atoms with van der Waals surface area (Å²) >= 11 is 3.09. The molecule has 156 valence electrons. The summed E-state index contributed by atoms with van der Waals surface area (Å²) in [7, 11) is 0. The Balaban J connectivity index is 1.42. The molecule has 1 N–H and O–H groups in total. The van der Waals surface area contributed by atoms with Crippen molar-refractivity contribution in [1.82, 2.24) is 30.0 Å². The van der Waals surface area contributed by atoms with E-state index in [0.29, 0.717) is 23.6 Å². The molecule has 2 fully saturated rings. The average Bonchev–Trinajstić information content (AvgIpc) is 3.42. The van der Waals surface area contributed by atoms with Crippen LogP contribution in [0.25, 0.3) is 0 Å². The Morgan fingerprint density at radius 2 is 1.72 bits per heavy atom. The first-order chi connectivity index (χ1) is 14.3. The van der Waals surface area contributed by atoms with E-state index in [2.05, 4.69) is 30.0 Å². The maximum atomic E-state index is 12.4. The fourth-order valence-corrected chi connectivity index (χ4v) is 5.73. The van der Waals surface area contributed by atoms with Crippen molar-refractivity contribution in [2.75, 3.05) is 5.75 Å². The van der Waals surface area contributed by atoms with Crippen LogP contribution in [-0.4, -0.2) is 42.4 Å². The summed E-state index contributed by atoms with van der Waals surface area (Å²) in [4.78, 5) is 20.9. The number of hydrogen-bond donors (Lipinski definition) is 1. The van der Waals surface area contributed by atoms with Crippen LogP contribution in [0.15, 0.2) is 28.8 Å². The first-order valence-corrected chi connectivity index (χ1v) is 12.5. The average molecular weight is 433 g/mol. The molecule has 2 aliphatic carbocycles. The largest absolute Gasteiger partial charge is 0.353 e. The van der Waals surface area contributed by atoms with Gasteiger partial charge in [-0.2, -0.15) is 0 Å². The second-order valence-electron chi connectivity index (χ2n) is 7.72. The highest BCUT2D eigenvalue weighted by molar-refractivity contribution is 7.99. The van der Waals surface area contributed by atoms with Crippen LogP contribution in [0.2, 0.25) is 0 Å². The van der Waals surface area contributed by atoms with E-state index in [1.54, 1.807) is 24.2 Å². The van der Waals surface area contributed by atoms with Gasteiger partial charge in [0, 0.05) is 24.5 Å². The lowest BCUT2D eigenvalue weighted by Gasteiger charge is -2.25. The number of nitrogens with zero attached hydrogens (tertiary/aromatic N) is 5. The fraction of sp³-hybridized carbons (Fsp3) is 0.650. The van der Waals surface area contributed by atoms with Gasteiger partial charge in [-0.1, -0.05) is 55.6 Å². The van der Waals surface area contributed by atoms with E-state index in [4.69, 9.17) is 0 Å². The Morgan fingerprint density at radius 1 is 1.00 bits per heavy atom. The van der Waals surface area contributed by atoms with Gasteiger partial charge in [0.25, 0.3) is 0 Å². The lowest BCUT2D eigenvalue weighted by atomic mass is 9.95. The SMILES string of the molecule is O=C(CSc1nnc(CSc2ncccn2)n1C1CCCCC1)NC1CCCC1. The van der Waals surface area contributed by atoms with Crippen LogP contribution in [0.4, 0.5) is 0 Å². The summed E-state index contributed by atoms with van der Waals surface area (Å²) in [6.45, 7) is 0. The number of nitrogens with one attached hydrogen (secondary N) is 1. The highest BCUT2D eigenvalue weighted by atomic mass is 32.2. The molecular formula is C20H28N6OS2. The van der Waals surface area contributed by atoms with E-state index < -0.39 is 0 Å². The van der Waals surface area contributed by atoms with Gasteiger partial charge >= 0.3 is 0 Å². The molecule has 0 saturated heterocycles. The normalized spacial score (nSPS) is 18.2. The van der Waals surface area contributed by atoms with Gasteiger partial charge in [0.15, 0.2) is 10.3 Å². The highest BCUT2D eigenvalue weighted by Gasteiger charge is 2.24. The lowest BCUT2D eigenvalue weighted by molar-refractivity contribution is -0.119. The minimum atomic E-state index is 0.105. The van der Waals surface area contributed by atoms with Crippen LogP contribution < -0.4 is 5.32 Å². The quantitative estimate of drug-likeness (QED) is 0.498. The summed E-state index contributed by atoms with van der Waals surface area (Å²) < 4.78 is 2.28. The third kappa shape index (κ3) is 5.72. The standard InChI is InChI=1S/C20H28N6OS2/c27-18(23-15-7-4-5-8-15)14-29-20-25-24-17(13-28-19-21-11-6-12-22-19)26(20)16-9-2-1-3-10-16/h6,11-12,15-16H,1-5,7-10,13-14H2,(H,23,27). The lowest BCUT2D eigenvalue weighted by Crippen LogP contribution is -2.33. The van der Waals surface area contributed by atoms with Gasteiger partial charge in [-0.25, -0.2) is 9.97 Å². The monoisotopic (exact) mass is 432 g/mol. The molecule has 0 atom stereocenters. The molecule has 0 spiro atoms. The Labute approximate surface area is 180 Å². The molecule has 2 heterocycles. The molecule has 0 unspecified atom stereocenters. The van der Waals surface area contributed by atoms with Crippen LogP contribution in [0.5, 0.6) is 0 Å². The molecule has 4 rings (SSSR count). The summed E-state index contributed by atoms with van der Waals surface area (Å²) in [6, 6.07) is 2.60. The van der Waals surface area contributed by atoms with E-state index in [1.807, 2.05) is 6.07 Å². The molecule has 2 aromatic heterocycles. The number of thioether (sulfide) groups is 2. The van der Waals surface area contributed by atoms with Gasteiger partial charge in [0.05, 0.1) is 11.5 Å². The molecular weight excluding hydrogens is 404 g/mol. The third-order valence-electron chi connectivity index (χ3n) is 5.60. The fourth-order valence-electron chi connectivity index (χ4n) is 4.17. The molecule has 29 heavy (non-hydrogen) atoms. The first-order valence-electron chi connectivity index (χ1n) is 10.6. The molecule has 2 aromatic rings. The molecule has 1 amide bonds. The van der Waals surface area contributed by atoms with Crippen LogP contribution in [0.1, 0.15) is 69.7 Å². The molecule has 0 radical (unpaired) electrons. The van der Waals surface area contributed by atoms with E-state index in [-0.39, 0.29) is 5.91 Å². The number of hydrogen-bond acceptors (Lipinski definition) is 7. The Bertz CT molecular complexity index is 788. The maximum Gasteiger partial charge on any atom is 0.230 e. The molecule has 2 saturated carbocycles. The van der Waals surface area contributed by atoms with Gasteiger partial charge in [-0.15, -0.1) is 10.2 Å². The van der Waals surface area contributed by atoms with Gasteiger partial charge in [0.2, 0.25) is 5.91 Å². The summed E-state index contributed by atoms with van der Waals surface area (Å²) in [5.41, 5.74) is 0.